The number of carbonyl (C=O) groups excluding carboxylic acids is 1. The van der Waals surface area contributed by atoms with Crippen LogP contribution >= 0.6 is 22.7 Å². The van der Waals surface area contributed by atoms with E-state index in [1.807, 2.05) is 29.8 Å². The minimum atomic E-state index is -1.05. The van der Waals surface area contributed by atoms with E-state index in [0.717, 1.165) is 15.6 Å². The summed E-state index contributed by atoms with van der Waals surface area (Å²) in [4.78, 5) is 16.8. The molecular formula is C14H16N2O2S2. The average molecular weight is 308 g/mol. The van der Waals surface area contributed by atoms with Gasteiger partial charge in [-0.25, -0.2) is 4.98 Å². The molecule has 0 saturated carbocycles. The van der Waals surface area contributed by atoms with E-state index < -0.39 is 5.60 Å². The third-order valence-electron chi connectivity index (χ3n) is 2.70. The monoisotopic (exact) mass is 308 g/mol. The maximum atomic E-state index is 11.7. The summed E-state index contributed by atoms with van der Waals surface area (Å²) in [7, 11) is 0. The van der Waals surface area contributed by atoms with Gasteiger partial charge < -0.3 is 10.4 Å². The van der Waals surface area contributed by atoms with Crippen molar-refractivity contribution in [2.24, 2.45) is 0 Å². The lowest BCUT2D eigenvalue weighted by Gasteiger charge is -2.21. The van der Waals surface area contributed by atoms with Crippen molar-refractivity contribution in [3.63, 3.8) is 0 Å². The van der Waals surface area contributed by atoms with Crippen LogP contribution in [-0.4, -0.2) is 22.5 Å². The number of aryl methyl sites for hydroxylation is 1. The molecule has 1 amide bonds. The van der Waals surface area contributed by atoms with E-state index in [4.69, 9.17) is 0 Å². The van der Waals surface area contributed by atoms with E-state index in [2.05, 4.69) is 10.3 Å². The fraction of sp³-hybridized carbons (Fsp3) is 0.286. The molecule has 4 nitrogen and oxygen atoms in total. The van der Waals surface area contributed by atoms with Gasteiger partial charge in [0.1, 0.15) is 5.60 Å². The van der Waals surface area contributed by atoms with Crippen molar-refractivity contribution in [3.8, 4) is 0 Å². The van der Waals surface area contributed by atoms with E-state index in [9.17, 15) is 9.90 Å². The summed E-state index contributed by atoms with van der Waals surface area (Å²) in [6, 6.07) is 3.73. The second-order valence-corrected chi connectivity index (χ2v) is 6.60. The first-order valence-corrected chi connectivity index (χ1v) is 7.88. The molecule has 0 spiro atoms. The van der Waals surface area contributed by atoms with Gasteiger partial charge in [-0.15, -0.1) is 22.7 Å². The van der Waals surface area contributed by atoms with Crippen molar-refractivity contribution in [2.45, 2.75) is 19.4 Å². The first-order chi connectivity index (χ1) is 9.47. The number of rotatable bonds is 5. The van der Waals surface area contributed by atoms with Crippen LogP contribution in [0.3, 0.4) is 0 Å². The average Bonchev–Trinajstić information content (AvgIpc) is 3.05. The number of nitrogens with one attached hydrogen (secondary N) is 1. The minimum absolute atomic E-state index is 0.173. The van der Waals surface area contributed by atoms with Crippen molar-refractivity contribution in [2.75, 3.05) is 6.54 Å². The summed E-state index contributed by atoms with van der Waals surface area (Å²) in [6.45, 7) is 3.78. The molecule has 0 aliphatic heterocycles. The van der Waals surface area contributed by atoms with Crippen molar-refractivity contribution in [1.29, 1.82) is 0 Å². The summed E-state index contributed by atoms with van der Waals surface area (Å²) in [6.07, 6.45) is 3.09. The molecule has 0 bridgehead atoms. The Balaban J connectivity index is 1.88. The van der Waals surface area contributed by atoms with Gasteiger partial charge in [-0.2, -0.15) is 0 Å². The molecule has 0 aliphatic rings. The molecule has 0 aromatic carbocycles. The zero-order chi connectivity index (χ0) is 14.6. The van der Waals surface area contributed by atoms with Crippen molar-refractivity contribution in [3.05, 3.63) is 44.5 Å². The number of hydrogen-bond donors (Lipinski definition) is 2. The standard InChI is InChI=1S/C14H16N2O2S2/c1-10-16-11(8-20-10)5-6-13(17)15-9-14(2,18)12-4-3-7-19-12/h3-8,18H,9H2,1-2H3,(H,15,17)/b6-5+/t14-/m0/s1. The zero-order valence-corrected chi connectivity index (χ0v) is 12.9. The SMILES string of the molecule is Cc1nc(/C=C/C(=O)NC[C@](C)(O)c2cccs2)cs1. The molecule has 0 saturated heterocycles. The summed E-state index contributed by atoms with van der Waals surface area (Å²) >= 11 is 3.01. The fourth-order valence-corrected chi connectivity index (χ4v) is 2.98. The van der Waals surface area contributed by atoms with Crippen LogP contribution in [0.1, 0.15) is 22.5 Å². The van der Waals surface area contributed by atoms with Gasteiger partial charge in [-0.1, -0.05) is 6.07 Å². The highest BCUT2D eigenvalue weighted by Crippen LogP contribution is 2.24. The van der Waals surface area contributed by atoms with Crippen molar-refractivity contribution >= 4 is 34.7 Å². The minimum Gasteiger partial charge on any atom is -0.383 e. The zero-order valence-electron chi connectivity index (χ0n) is 11.3. The number of carbonyl (C=O) groups is 1. The second-order valence-electron chi connectivity index (χ2n) is 4.59. The van der Waals surface area contributed by atoms with Crippen LogP contribution in [-0.2, 0) is 10.4 Å². The largest absolute Gasteiger partial charge is 0.383 e. The number of hydrogen-bond acceptors (Lipinski definition) is 5. The number of amides is 1. The first-order valence-electron chi connectivity index (χ1n) is 6.12. The van der Waals surface area contributed by atoms with Gasteiger partial charge in [-0.05, 0) is 31.4 Å². The Hall–Kier alpha value is -1.50. The maximum Gasteiger partial charge on any atom is 0.244 e. The molecule has 1 atom stereocenters. The molecular weight excluding hydrogens is 292 g/mol. The van der Waals surface area contributed by atoms with Gasteiger partial charge in [-0.3, -0.25) is 4.79 Å². The Kier molecular flexibility index (Phi) is 4.69. The summed E-state index contributed by atoms with van der Waals surface area (Å²) in [5.41, 5.74) is -0.276. The predicted octanol–water partition coefficient (Wildman–Crippen LogP) is 2.55. The third kappa shape index (κ3) is 4.00. The maximum absolute atomic E-state index is 11.7. The molecule has 0 aliphatic carbocycles. The number of thiophene rings is 1. The van der Waals surface area contributed by atoms with Crippen LogP contribution in [0, 0.1) is 6.92 Å². The Bertz CT molecular complexity index is 600. The van der Waals surface area contributed by atoms with Crippen LogP contribution in [0.15, 0.2) is 29.0 Å². The number of aliphatic hydroxyl groups is 1. The fourth-order valence-electron chi connectivity index (χ4n) is 1.61. The van der Waals surface area contributed by atoms with Crippen molar-refractivity contribution < 1.29 is 9.90 Å². The Labute approximate surface area is 125 Å². The number of thiazole rings is 1. The molecule has 0 fully saturated rings. The lowest BCUT2D eigenvalue weighted by atomic mass is 10.1. The topological polar surface area (TPSA) is 62.2 Å². The number of aromatic nitrogens is 1. The Morgan fingerprint density at radius 1 is 1.55 bits per heavy atom. The van der Waals surface area contributed by atoms with E-state index in [0.29, 0.717) is 0 Å². The molecule has 20 heavy (non-hydrogen) atoms. The van der Waals surface area contributed by atoms with E-state index in [-0.39, 0.29) is 12.5 Å². The van der Waals surface area contributed by atoms with Crippen molar-refractivity contribution in [1.82, 2.24) is 10.3 Å². The predicted molar refractivity (Wildman–Crippen MR) is 82.8 cm³/mol. The Morgan fingerprint density at radius 2 is 2.35 bits per heavy atom. The van der Waals surface area contributed by atoms with Gasteiger partial charge in [0, 0.05) is 16.3 Å². The summed E-state index contributed by atoms with van der Waals surface area (Å²) in [5.74, 6) is -0.243. The van der Waals surface area contributed by atoms with Gasteiger partial charge >= 0.3 is 0 Å². The van der Waals surface area contributed by atoms with Gasteiger partial charge in [0.25, 0.3) is 0 Å². The quantitative estimate of drug-likeness (QED) is 0.835. The third-order valence-corrected chi connectivity index (χ3v) is 4.62. The van der Waals surface area contributed by atoms with E-state index in [1.54, 1.807) is 13.0 Å². The number of nitrogens with zero attached hydrogens (tertiary/aromatic N) is 1. The highest BCUT2D eigenvalue weighted by atomic mass is 32.1. The van der Waals surface area contributed by atoms with Crippen LogP contribution in [0.2, 0.25) is 0 Å². The highest BCUT2D eigenvalue weighted by molar-refractivity contribution is 7.10. The lowest BCUT2D eigenvalue weighted by molar-refractivity contribution is -0.117. The highest BCUT2D eigenvalue weighted by Gasteiger charge is 2.24. The van der Waals surface area contributed by atoms with Crippen LogP contribution < -0.4 is 5.32 Å². The van der Waals surface area contributed by atoms with Gasteiger partial charge in [0.15, 0.2) is 0 Å². The van der Waals surface area contributed by atoms with Gasteiger partial charge in [0.2, 0.25) is 5.91 Å². The molecule has 6 heteroatoms. The summed E-state index contributed by atoms with van der Waals surface area (Å²) in [5, 5.41) is 17.7. The normalized spacial score (nSPS) is 14.3. The molecule has 2 aromatic heterocycles. The molecule has 2 heterocycles. The molecule has 0 unspecified atom stereocenters. The molecule has 2 aromatic rings. The van der Waals surface area contributed by atoms with Crippen LogP contribution in [0.4, 0.5) is 0 Å². The second kappa shape index (κ2) is 6.30. The summed E-state index contributed by atoms with van der Waals surface area (Å²) < 4.78 is 0. The van der Waals surface area contributed by atoms with Crippen LogP contribution in [0.25, 0.3) is 6.08 Å². The van der Waals surface area contributed by atoms with E-state index in [1.165, 1.54) is 28.7 Å². The molecule has 106 valence electrons. The van der Waals surface area contributed by atoms with Crippen LogP contribution in [0.5, 0.6) is 0 Å². The lowest BCUT2D eigenvalue weighted by Crippen LogP contribution is -2.37. The molecule has 2 rings (SSSR count). The smallest absolute Gasteiger partial charge is 0.244 e. The molecule has 2 N–H and O–H groups in total. The van der Waals surface area contributed by atoms with E-state index >= 15 is 0 Å². The molecule has 0 radical (unpaired) electrons. The first kappa shape index (κ1) is 14.9. The Morgan fingerprint density at radius 3 is 2.95 bits per heavy atom. The van der Waals surface area contributed by atoms with Gasteiger partial charge in [0.05, 0.1) is 17.2 Å².